The molecule has 1 fully saturated rings. The van der Waals surface area contributed by atoms with Crippen molar-refractivity contribution in [1.29, 1.82) is 0 Å². The summed E-state index contributed by atoms with van der Waals surface area (Å²) in [7, 11) is 2.12. The molecule has 29 heavy (non-hydrogen) atoms. The topological polar surface area (TPSA) is 58.6 Å². The molecule has 2 aliphatic rings. The first-order valence-corrected chi connectivity index (χ1v) is 10.2. The molecular weight excluding hydrogens is 371 g/mol. The van der Waals surface area contributed by atoms with E-state index in [-0.39, 0.29) is 17.6 Å². The van der Waals surface area contributed by atoms with Gasteiger partial charge in [-0.15, -0.1) is 0 Å². The summed E-state index contributed by atoms with van der Waals surface area (Å²) in [5.41, 5.74) is 2.40. The lowest BCUT2D eigenvalue weighted by atomic mass is 9.95. The molecule has 0 N–H and O–H groups in total. The number of carbonyl (C=O) groups is 1. The Morgan fingerprint density at radius 1 is 1.21 bits per heavy atom. The van der Waals surface area contributed by atoms with Crippen LogP contribution < -0.4 is 4.74 Å². The zero-order valence-corrected chi connectivity index (χ0v) is 17.0. The number of fused-ring (bicyclic) bond motifs is 1. The van der Waals surface area contributed by atoms with Crippen molar-refractivity contribution in [1.82, 2.24) is 19.8 Å². The van der Waals surface area contributed by atoms with E-state index < -0.39 is 6.10 Å². The second kappa shape index (κ2) is 8.45. The van der Waals surface area contributed by atoms with Crippen LogP contribution in [0.3, 0.4) is 0 Å². The maximum Gasteiger partial charge on any atom is 0.263 e. The van der Waals surface area contributed by atoms with E-state index in [2.05, 4.69) is 16.9 Å². The van der Waals surface area contributed by atoms with E-state index in [0.717, 1.165) is 38.2 Å². The van der Waals surface area contributed by atoms with Crippen LogP contribution in [0.15, 0.2) is 30.5 Å². The van der Waals surface area contributed by atoms with Crippen LogP contribution in [0.2, 0.25) is 0 Å². The van der Waals surface area contributed by atoms with Crippen LogP contribution in [0.4, 0.5) is 4.39 Å². The summed E-state index contributed by atoms with van der Waals surface area (Å²) in [4.78, 5) is 26.3. The Labute approximate surface area is 170 Å². The molecule has 1 aromatic carbocycles. The smallest absolute Gasteiger partial charge is 0.263 e. The largest absolute Gasteiger partial charge is 0.481 e. The number of carbonyl (C=O) groups excluding carboxylic acids is 1. The molecule has 154 valence electrons. The highest BCUT2D eigenvalue weighted by molar-refractivity contribution is 5.81. The molecule has 0 spiro atoms. The van der Waals surface area contributed by atoms with Gasteiger partial charge in [-0.2, -0.15) is 0 Å². The van der Waals surface area contributed by atoms with Crippen molar-refractivity contribution in [2.24, 2.45) is 0 Å². The second-order valence-electron chi connectivity index (χ2n) is 8.00. The highest BCUT2D eigenvalue weighted by Crippen LogP contribution is 2.27. The zero-order valence-electron chi connectivity index (χ0n) is 17.0. The van der Waals surface area contributed by atoms with Gasteiger partial charge in [-0.05, 0) is 51.1 Å². The van der Waals surface area contributed by atoms with Crippen LogP contribution in [-0.2, 0) is 17.8 Å². The van der Waals surface area contributed by atoms with Crippen LogP contribution in [0.1, 0.15) is 42.8 Å². The third-order valence-corrected chi connectivity index (χ3v) is 5.79. The first-order valence-electron chi connectivity index (χ1n) is 10.2. The van der Waals surface area contributed by atoms with E-state index in [1.165, 1.54) is 35.5 Å². The standard InChI is InChI=1S/C22H27FN4O2/c1-15(29-19-5-3-18(23)4-6-19)22(28)27-11-7-16(8-12-27)21-24-13-17-14-26(2)10-9-20(17)25-21/h3-6,13,15-16H,7-12,14H2,1-2H3. The number of amides is 1. The molecule has 1 amide bonds. The SMILES string of the molecule is CC(Oc1ccc(F)cc1)C(=O)N1CCC(c2ncc3c(n2)CCN(C)C3)CC1. The third kappa shape index (κ3) is 4.56. The van der Waals surface area contributed by atoms with Crippen LogP contribution in [0.25, 0.3) is 0 Å². The number of nitrogens with zero attached hydrogens (tertiary/aromatic N) is 4. The molecule has 3 heterocycles. The van der Waals surface area contributed by atoms with Gasteiger partial charge in [-0.25, -0.2) is 14.4 Å². The highest BCUT2D eigenvalue weighted by atomic mass is 19.1. The summed E-state index contributed by atoms with van der Waals surface area (Å²) in [5.74, 6) is 1.33. The summed E-state index contributed by atoms with van der Waals surface area (Å²) in [6, 6.07) is 5.73. The average molecular weight is 398 g/mol. The second-order valence-corrected chi connectivity index (χ2v) is 8.00. The van der Waals surface area contributed by atoms with Crippen molar-refractivity contribution in [3.63, 3.8) is 0 Å². The van der Waals surface area contributed by atoms with Crippen molar-refractivity contribution in [2.75, 3.05) is 26.7 Å². The lowest BCUT2D eigenvalue weighted by molar-refractivity contribution is -0.139. The number of piperidine rings is 1. The molecule has 1 saturated heterocycles. The fourth-order valence-corrected chi connectivity index (χ4v) is 4.05. The first-order chi connectivity index (χ1) is 14.0. The third-order valence-electron chi connectivity index (χ3n) is 5.79. The van der Waals surface area contributed by atoms with Crippen molar-refractivity contribution < 1.29 is 13.9 Å². The van der Waals surface area contributed by atoms with Crippen LogP contribution in [0.5, 0.6) is 5.75 Å². The minimum atomic E-state index is -0.603. The van der Waals surface area contributed by atoms with Crippen molar-refractivity contribution in [2.45, 2.75) is 44.8 Å². The fraction of sp³-hybridized carbons (Fsp3) is 0.500. The van der Waals surface area contributed by atoms with Gasteiger partial charge < -0.3 is 14.5 Å². The van der Waals surface area contributed by atoms with Gasteiger partial charge in [0.25, 0.3) is 5.91 Å². The molecule has 0 aliphatic carbocycles. The normalized spacial score (nSPS) is 18.9. The number of likely N-dealkylation sites (tertiary alicyclic amines) is 1. The Morgan fingerprint density at radius 3 is 2.66 bits per heavy atom. The molecule has 6 nitrogen and oxygen atoms in total. The highest BCUT2D eigenvalue weighted by Gasteiger charge is 2.29. The van der Waals surface area contributed by atoms with Gasteiger partial charge in [0.2, 0.25) is 0 Å². The molecule has 0 saturated carbocycles. The van der Waals surface area contributed by atoms with Gasteiger partial charge in [0.1, 0.15) is 17.4 Å². The molecule has 2 aliphatic heterocycles. The van der Waals surface area contributed by atoms with Gasteiger partial charge in [0.05, 0.1) is 0 Å². The molecule has 1 atom stereocenters. The van der Waals surface area contributed by atoms with Crippen LogP contribution in [-0.4, -0.2) is 58.5 Å². The van der Waals surface area contributed by atoms with Gasteiger partial charge in [-0.1, -0.05) is 0 Å². The quantitative estimate of drug-likeness (QED) is 0.793. The Bertz CT molecular complexity index is 866. The Hall–Kier alpha value is -2.54. The molecule has 0 bridgehead atoms. The summed E-state index contributed by atoms with van der Waals surface area (Å²) < 4.78 is 18.7. The van der Waals surface area contributed by atoms with E-state index in [9.17, 15) is 9.18 Å². The predicted octanol–water partition coefficient (Wildman–Crippen LogP) is 2.78. The Balaban J connectivity index is 1.33. The summed E-state index contributed by atoms with van der Waals surface area (Å²) in [6.45, 7) is 5.02. The molecule has 1 aromatic heterocycles. The molecule has 2 aromatic rings. The molecule has 0 radical (unpaired) electrons. The average Bonchev–Trinajstić information content (AvgIpc) is 2.74. The molecular formula is C22H27FN4O2. The number of ether oxygens (including phenoxy) is 1. The van der Waals surface area contributed by atoms with E-state index >= 15 is 0 Å². The minimum Gasteiger partial charge on any atom is -0.481 e. The predicted molar refractivity (Wildman–Crippen MR) is 107 cm³/mol. The number of aromatic nitrogens is 2. The lowest BCUT2D eigenvalue weighted by Crippen LogP contribution is -2.44. The summed E-state index contributed by atoms with van der Waals surface area (Å²) in [6.07, 6.45) is 4.05. The fourth-order valence-electron chi connectivity index (χ4n) is 4.05. The van der Waals surface area contributed by atoms with Gasteiger partial charge in [-0.3, -0.25) is 4.79 Å². The molecule has 1 unspecified atom stereocenters. The molecule has 7 heteroatoms. The van der Waals surface area contributed by atoms with Crippen molar-refractivity contribution in [3.05, 3.63) is 53.4 Å². The first kappa shape index (κ1) is 19.8. The Morgan fingerprint density at radius 2 is 1.93 bits per heavy atom. The van der Waals surface area contributed by atoms with Gasteiger partial charge in [0.15, 0.2) is 6.10 Å². The van der Waals surface area contributed by atoms with Crippen LogP contribution >= 0.6 is 0 Å². The number of halogens is 1. The van der Waals surface area contributed by atoms with E-state index in [0.29, 0.717) is 18.8 Å². The zero-order chi connectivity index (χ0) is 20.4. The number of rotatable bonds is 4. The lowest BCUT2D eigenvalue weighted by Gasteiger charge is -2.33. The number of likely N-dealkylation sites (N-methyl/N-ethyl adjacent to an activating group) is 1. The van der Waals surface area contributed by atoms with Crippen molar-refractivity contribution in [3.8, 4) is 5.75 Å². The van der Waals surface area contributed by atoms with Crippen LogP contribution in [0, 0.1) is 5.82 Å². The van der Waals surface area contributed by atoms with Gasteiger partial charge in [0, 0.05) is 56.0 Å². The monoisotopic (exact) mass is 398 g/mol. The van der Waals surface area contributed by atoms with Crippen molar-refractivity contribution >= 4 is 5.91 Å². The maximum atomic E-state index is 13.0. The van der Waals surface area contributed by atoms with E-state index in [1.807, 2.05) is 11.1 Å². The summed E-state index contributed by atoms with van der Waals surface area (Å²) >= 11 is 0. The Kier molecular flexibility index (Phi) is 5.76. The van der Waals surface area contributed by atoms with E-state index in [1.54, 1.807) is 6.92 Å². The number of hydrogen-bond donors (Lipinski definition) is 0. The van der Waals surface area contributed by atoms with E-state index in [4.69, 9.17) is 9.72 Å². The number of hydrogen-bond acceptors (Lipinski definition) is 5. The minimum absolute atomic E-state index is 0.0397. The maximum absolute atomic E-state index is 13.0. The number of benzene rings is 1. The molecule has 4 rings (SSSR count). The summed E-state index contributed by atoms with van der Waals surface area (Å²) in [5, 5.41) is 0. The van der Waals surface area contributed by atoms with Gasteiger partial charge >= 0.3 is 0 Å².